The summed E-state index contributed by atoms with van der Waals surface area (Å²) in [4.78, 5) is 11.5. The third-order valence-electron chi connectivity index (χ3n) is 2.88. The van der Waals surface area contributed by atoms with Gasteiger partial charge in [-0.05, 0) is 31.9 Å². The summed E-state index contributed by atoms with van der Waals surface area (Å²) >= 11 is 0. The maximum absolute atomic E-state index is 13.6. The number of carbonyl (C=O) groups is 1. The van der Waals surface area contributed by atoms with Crippen molar-refractivity contribution in [1.82, 2.24) is 5.32 Å². The molecule has 1 amide bonds. The molecule has 1 N–H and O–H groups in total. The first kappa shape index (κ1) is 11.8. The fraction of sp³-hybridized carbons (Fsp3) is 0.308. The lowest BCUT2D eigenvalue weighted by Crippen LogP contribution is -2.34. The number of nitrogens with one attached hydrogen (secondary N) is 1. The molecule has 90 valence electrons. The predicted octanol–water partition coefficient (Wildman–Crippen LogP) is 2.65. The minimum atomic E-state index is -0.644. The van der Waals surface area contributed by atoms with Crippen LogP contribution < -0.4 is 5.32 Å². The molecule has 1 aromatic carbocycles. The first-order valence-corrected chi connectivity index (χ1v) is 5.48. The molecule has 2 nitrogen and oxygen atoms in total. The van der Waals surface area contributed by atoms with E-state index in [0.29, 0.717) is 18.4 Å². The maximum Gasteiger partial charge on any atom is 0.244 e. The zero-order valence-corrected chi connectivity index (χ0v) is 9.47. The maximum atomic E-state index is 13.6. The first-order chi connectivity index (χ1) is 8.07. The van der Waals surface area contributed by atoms with Crippen molar-refractivity contribution in [1.29, 1.82) is 0 Å². The molecule has 0 atom stereocenters. The van der Waals surface area contributed by atoms with Crippen molar-refractivity contribution in [2.75, 3.05) is 0 Å². The molecule has 4 heteroatoms. The lowest BCUT2D eigenvalue weighted by molar-refractivity contribution is -0.117. The van der Waals surface area contributed by atoms with Crippen LogP contribution in [0.1, 0.15) is 25.3 Å². The summed E-state index contributed by atoms with van der Waals surface area (Å²) in [7, 11) is 0. The Balaban J connectivity index is 2.24. The Morgan fingerprint density at radius 3 is 2.65 bits per heavy atom. The lowest BCUT2D eigenvalue weighted by atomic mass is 10.0. The van der Waals surface area contributed by atoms with E-state index in [1.54, 1.807) is 13.0 Å². The van der Waals surface area contributed by atoms with E-state index in [1.807, 2.05) is 0 Å². The Morgan fingerprint density at radius 2 is 2.12 bits per heavy atom. The van der Waals surface area contributed by atoms with Crippen molar-refractivity contribution < 1.29 is 13.6 Å². The van der Waals surface area contributed by atoms with Crippen LogP contribution in [0.4, 0.5) is 8.78 Å². The molecule has 0 bridgehead atoms. The third-order valence-corrected chi connectivity index (χ3v) is 2.88. The third kappa shape index (κ3) is 2.35. The van der Waals surface area contributed by atoms with Gasteiger partial charge in [0.25, 0.3) is 0 Å². The number of allylic oxidation sites excluding steroid dienone is 1. The molecular weight excluding hydrogens is 224 g/mol. The molecule has 1 saturated carbocycles. The van der Waals surface area contributed by atoms with Crippen molar-refractivity contribution in [3.63, 3.8) is 0 Å². The molecule has 0 unspecified atom stereocenters. The SMILES string of the molecule is C/C=C/C(=O)NC1(c2ccc(F)cc2F)CC1. The average Bonchev–Trinajstić information content (AvgIpc) is 2.98. The Kier molecular flexibility index (Phi) is 2.96. The molecule has 1 fully saturated rings. The largest absolute Gasteiger partial charge is 0.343 e. The second kappa shape index (κ2) is 4.28. The second-order valence-electron chi connectivity index (χ2n) is 4.20. The van der Waals surface area contributed by atoms with Crippen LogP contribution in [-0.2, 0) is 10.3 Å². The van der Waals surface area contributed by atoms with Gasteiger partial charge < -0.3 is 5.32 Å². The molecule has 1 aromatic rings. The highest BCUT2D eigenvalue weighted by Crippen LogP contribution is 2.46. The van der Waals surface area contributed by atoms with Gasteiger partial charge in [0, 0.05) is 11.6 Å². The molecule has 0 aliphatic heterocycles. The quantitative estimate of drug-likeness (QED) is 0.804. The monoisotopic (exact) mass is 237 g/mol. The van der Waals surface area contributed by atoms with Crippen LogP contribution in [0.2, 0.25) is 0 Å². The number of benzene rings is 1. The van der Waals surface area contributed by atoms with E-state index in [4.69, 9.17) is 0 Å². The van der Waals surface area contributed by atoms with Gasteiger partial charge in [0.1, 0.15) is 11.6 Å². The molecule has 2 rings (SSSR count). The van der Waals surface area contributed by atoms with E-state index in [1.165, 1.54) is 18.2 Å². The van der Waals surface area contributed by atoms with Gasteiger partial charge >= 0.3 is 0 Å². The van der Waals surface area contributed by atoms with Crippen LogP contribution in [-0.4, -0.2) is 5.91 Å². The van der Waals surface area contributed by atoms with E-state index in [0.717, 1.165) is 6.07 Å². The highest BCUT2D eigenvalue weighted by molar-refractivity contribution is 5.88. The Bertz CT molecular complexity index is 478. The van der Waals surface area contributed by atoms with Crippen LogP contribution in [0.25, 0.3) is 0 Å². The standard InChI is InChI=1S/C13H13F2NO/c1-2-3-12(17)16-13(6-7-13)10-5-4-9(14)8-11(10)15/h2-5,8H,6-7H2,1H3,(H,16,17)/b3-2+. The summed E-state index contributed by atoms with van der Waals surface area (Å²) in [6, 6.07) is 3.45. The van der Waals surface area contributed by atoms with E-state index >= 15 is 0 Å². The van der Waals surface area contributed by atoms with Crippen LogP contribution in [0.15, 0.2) is 30.4 Å². The summed E-state index contributed by atoms with van der Waals surface area (Å²) < 4.78 is 26.4. The molecular formula is C13H13F2NO. The summed E-state index contributed by atoms with van der Waals surface area (Å²) in [5.74, 6) is -1.47. The number of hydrogen-bond donors (Lipinski definition) is 1. The molecule has 0 radical (unpaired) electrons. The minimum Gasteiger partial charge on any atom is -0.343 e. The van der Waals surface area contributed by atoms with Crippen molar-refractivity contribution in [3.05, 3.63) is 47.5 Å². The Morgan fingerprint density at radius 1 is 1.41 bits per heavy atom. The van der Waals surface area contributed by atoms with Crippen LogP contribution in [0.5, 0.6) is 0 Å². The summed E-state index contributed by atoms with van der Waals surface area (Å²) in [5, 5.41) is 2.76. The van der Waals surface area contributed by atoms with Crippen molar-refractivity contribution in [3.8, 4) is 0 Å². The van der Waals surface area contributed by atoms with E-state index in [9.17, 15) is 13.6 Å². The summed E-state index contributed by atoms with van der Waals surface area (Å²) in [6.07, 6.45) is 4.37. The van der Waals surface area contributed by atoms with Crippen LogP contribution in [0.3, 0.4) is 0 Å². The lowest BCUT2D eigenvalue weighted by Gasteiger charge is -2.17. The zero-order chi connectivity index (χ0) is 12.5. The number of carbonyl (C=O) groups excluding carboxylic acids is 1. The van der Waals surface area contributed by atoms with E-state index < -0.39 is 17.2 Å². The van der Waals surface area contributed by atoms with Gasteiger partial charge in [0.05, 0.1) is 5.54 Å². The normalized spacial score (nSPS) is 17.1. The Labute approximate surface area is 98.3 Å². The van der Waals surface area contributed by atoms with Crippen LogP contribution >= 0.6 is 0 Å². The second-order valence-corrected chi connectivity index (χ2v) is 4.20. The molecule has 1 aliphatic carbocycles. The first-order valence-electron chi connectivity index (χ1n) is 5.48. The van der Waals surface area contributed by atoms with Crippen LogP contribution in [0, 0.1) is 11.6 Å². The Hall–Kier alpha value is -1.71. The molecule has 0 heterocycles. The number of halogens is 2. The molecule has 0 aromatic heterocycles. The predicted molar refractivity (Wildman–Crippen MR) is 60.2 cm³/mol. The van der Waals surface area contributed by atoms with Crippen molar-refractivity contribution in [2.24, 2.45) is 0 Å². The van der Waals surface area contributed by atoms with E-state index in [-0.39, 0.29) is 5.91 Å². The number of rotatable bonds is 3. The smallest absolute Gasteiger partial charge is 0.244 e. The van der Waals surface area contributed by atoms with Gasteiger partial charge in [-0.3, -0.25) is 4.79 Å². The van der Waals surface area contributed by atoms with Crippen molar-refractivity contribution in [2.45, 2.75) is 25.3 Å². The molecule has 17 heavy (non-hydrogen) atoms. The summed E-state index contributed by atoms with van der Waals surface area (Å²) in [5.41, 5.74) is -0.286. The molecule has 1 aliphatic rings. The fourth-order valence-electron chi connectivity index (χ4n) is 1.89. The van der Waals surface area contributed by atoms with Gasteiger partial charge in [-0.25, -0.2) is 8.78 Å². The minimum absolute atomic E-state index is 0.256. The van der Waals surface area contributed by atoms with Gasteiger partial charge in [-0.2, -0.15) is 0 Å². The highest BCUT2D eigenvalue weighted by Gasteiger charge is 2.47. The number of hydrogen-bond acceptors (Lipinski definition) is 1. The van der Waals surface area contributed by atoms with Gasteiger partial charge in [-0.1, -0.05) is 12.1 Å². The summed E-state index contributed by atoms with van der Waals surface area (Å²) in [6.45, 7) is 1.73. The fourth-order valence-corrected chi connectivity index (χ4v) is 1.89. The van der Waals surface area contributed by atoms with Crippen molar-refractivity contribution >= 4 is 5.91 Å². The zero-order valence-electron chi connectivity index (χ0n) is 9.47. The molecule has 0 spiro atoms. The highest BCUT2D eigenvalue weighted by atomic mass is 19.1. The number of amides is 1. The van der Waals surface area contributed by atoms with Gasteiger partial charge in [0.2, 0.25) is 5.91 Å². The topological polar surface area (TPSA) is 29.1 Å². The van der Waals surface area contributed by atoms with Gasteiger partial charge in [-0.15, -0.1) is 0 Å². The molecule has 0 saturated heterocycles. The van der Waals surface area contributed by atoms with E-state index in [2.05, 4.69) is 5.32 Å². The van der Waals surface area contributed by atoms with Gasteiger partial charge in [0.15, 0.2) is 0 Å². The average molecular weight is 237 g/mol.